The molecule has 8 heteroatoms. The van der Waals surface area contributed by atoms with Gasteiger partial charge in [0.1, 0.15) is 0 Å². The summed E-state index contributed by atoms with van der Waals surface area (Å²) < 4.78 is 5.63. The molecule has 0 spiro atoms. The molecule has 0 aliphatic carbocycles. The topological polar surface area (TPSA) is 70.1 Å². The van der Waals surface area contributed by atoms with E-state index in [4.69, 9.17) is 33.0 Å². The number of amides is 1. The van der Waals surface area contributed by atoms with E-state index in [9.17, 15) is 9.59 Å². The van der Waals surface area contributed by atoms with E-state index in [0.29, 0.717) is 41.8 Å². The summed E-state index contributed by atoms with van der Waals surface area (Å²) in [7, 11) is 1.71. The second-order valence-corrected chi connectivity index (χ2v) is 6.61. The van der Waals surface area contributed by atoms with Crippen molar-refractivity contribution in [1.29, 1.82) is 0 Å². The van der Waals surface area contributed by atoms with Gasteiger partial charge in [-0.1, -0.05) is 29.3 Å². The highest BCUT2D eigenvalue weighted by Gasteiger charge is 2.26. The van der Waals surface area contributed by atoms with E-state index < -0.39 is 5.97 Å². The summed E-state index contributed by atoms with van der Waals surface area (Å²) in [5.41, 5.74) is 0.622. The lowest BCUT2D eigenvalue weighted by molar-refractivity contribution is -0.142. The molecule has 1 amide bonds. The molecule has 1 atom stereocenters. The molecule has 1 fully saturated rings. The number of benzene rings is 1. The fourth-order valence-corrected chi connectivity index (χ4v) is 3.19. The van der Waals surface area contributed by atoms with Crippen molar-refractivity contribution in [3.05, 3.63) is 33.8 Å². The van der Waals surface area contributed by atoms with Gasteiger partial charge < -0.3 is 14.7 Å². The molecule has 1 aromatic carbocycles. The lowest BCUT2D eigenvalue weighted by Gasteiger charge is -2.34. The fourth-order valence-electron chi connectivity index (χ4n) is 2.66. The van der Waals surface area contributed by atoms with Crippen molar-refractivity contribution in [2.75, 3.05) is 39.8 Å². The number of carbonyl (C=O) groups is 2. The average Bonchev–Trinajstić information content (AvgIpc) is 2.50. The third-order valence-electron chi connectivity index (χ3n) is 3.80. The number of ether oxygens (including phenoxy) is 1. The van der Waals surface area contributed by atoms with Crippen LogP contribution in [-0.2, 0) is 20.7 Å². The number of carboxylic acids is 1. The predicted octanol–water partition coefficient (Wildman–Crippen LogP) is 1.78. The number of carboxylic acid groups (broad SMARTS) is 1. The largest absolute Gasteiger partial charge is 0.480 e. The number of morpholine rings is 1. The number of likely N-dealkylation sites (N-methyl/N-ethyl adjacent to an activating group) is 1. The van der Waals surface area contributed by atoms with Gasteiger partial charge in [0.05, 0.1) is 25.7 Å². The Kier molecular flexibility index (Phi) is 6.86. The van der Waals surface area contributed by atoms with Crippen LogP contribution < -0.4 is 0 Å². The molecule has 0 aromatic heterocycles. The van der Waals surface area contributed by atoms with Crippen LogP contribution in [0.2, 0.25) is 10.0 Å². The Labute approximate surface area is 150 Å². The van der Waals surface area contributed by atoms with Gasteiger partial charge >= 0.3 is 5.97 Å². The first-order valence-electron chi connectivity index (χ1n) is 7.59. The monoisotopic (exact) mass is 374 g/mol. The molecule has 1 unspecified atom stereocenters. The number of nitrogens with zero attached hydrogens (tertiary/aromatic N) is 2. The van der Waals surface area contributed by atoms with E-state index in [1.54, 1.807) is 35.0 Å². The van der Waals surface area contributed by atoms with Gasteiger partial charge in [0, 0.05) is 29.7 Å². The lowest BCUT2D eigenvalue weighted by Crippen LogP contribution is -2.50. The summed E-state index contributed by atoms with van der Waals surface area (Å²) in [6, 6.07) is 5.15. The quantitative estimate of drug-likeness (QED) is 0.821. The van der Waals surface area contributed by atoms with Gasteiger partial charge in [0.15, 0.2) is 0 Å². The lowest BCUT2D eigenvalue weighted by atomic mass is 10.1. The molecule has 132 valence electrons. The molecule has 1 heterocycles. The van der Waals surface area contributed by atoms with Crippen LogP contribution in [0.1, 0.15) is 5.56 Å². The Bertz CT molecular complexity index is 591. The predicted molar refractivity (Wildman–Crippen MR) is 91.6 cm³/mol. The first-order chi connectivity index (χ1) is 11.4. The molecule has 1 N–H and O–H groups in total. The van der Waals surface area contributed by atoms with Crippen molar-refractivity contribution >= 4 is 35.1 Å². The highest BCUT2D eigenvalue weighted by molar-refractivity contribution is 6.36. The molecule has 0 radical (unpaired) electrons. The van der Waals surface area contributed by atoms with E-state index in [-0.39, 0.29) is 25.0 Å². The molecular formula is C16H20Cl2N2O4. The van der Waals surface area contributed by atoms with Crippen molar-refractivity contribution in [2.24, 2.45) is 0 Å². The summed E-state index contributed by atoms with van der Waals surface area (Å²) in [4.78, 5) is 26.6. The van der Waals surface area contributed by atoms with Crippen molar-refractivity contribution in [3.63, 3.8) is 0 Å². The first-order valence-corrected chi connectivity index (χ1v) is 8.35. The third-order valence-corrected chi connectivity index (χ3v) is 4.51. The smallest absolute Gasteiger partial charge is 0.317 e. The van der Waals surface area contributed by atoms with Crippen LogP contribution in [0.5, 0.6) is 0 Å². The van der Waals surface area contributed by atoms with E-state index in [1.807, 2.05) is 0 Å². The Morgan fingerprint density at radius 2 is 2.04 bits per heavy atom. The molecule has 0 bridgehead atoms. The van der Waals surface area contributed by atoms with Crippen LogP contribution in [0.15, 0.2) is 18.2 Å². The number of hydrogen-bond donors (Lipinski definition) is 1. The maximum Gasteiger partial charge on any atom is 0.317 e. The maximum atomic E-state index is 12.5. The zero-order chi connectivity index (χ0) is 17.7. The zero-order valence-corrected chi connectivity index (χ0v) is 14.9. The second kappa shape index (κ2) is 8.67. The fraction of sp³-hybridized carbons (Fsp3) is 0.500. The molecular weight excluding hydrogens is 355 g/mol. The SMILES string of the molecule is CN(CC(=O)O)CC1CN(C(=O)Cc2c(Cl)cccc2Cl)CCO1. The minimum Gasteiger partial charge on any atom is -0.480 e. The van der Waals surface area contributed by atoms with Gasteiger partial charge in [0.25, 0.3) is 0 Å². The van der Waals surface area contributed by atoms with Crippen molar-refractivity contribution in [3.8, 4) is 0 Å². The molecule has 1 aliphatic heterocycles. The van der Waals surface area contributed by atoms with Crippen LogP contribution in [0.25, 0.3) is 0 Å². The Hall–Kier alpha value is -1.34. The minimum absolute atomic E-state index is 0.0664. The van der Waals surface area contributed by atoms with Gasteiger partial charge in [-0.15, -0.1) is 0 Å². The number of carbonyl (C=O) groups excluding carboxylic acids is 1. The van der Waals surface area contributed by atoms with Crippen LogP contribution in [0.4, 0.5) is 0 Å². The van der Waals surface area contributed by atoms with Gasteiger partial charge in [0.2, 0.25) is 5.91 Å². The standard InChI is InChI=1S/C16H20Cl2N2O4/c1-19(10-16(22)23)8-11-9-20(5-6-24-11)15(21)7-12-13(17)3-2-4-14(12)18/h2-4,11H,5-10H2,1H3,(H,22,23). The normalized spacial score (nSPS) is 18.0. The third kappa shape index (κ3) is 5.34. The molecule has 2 rings (SSSR count). The Balaban J connectivity index is 1.94. The minimum atomic E-state index is -0.894. The van der Waals surface area contributed by atoms with Crippen LogP contribution in [-0.4, -0.2) is 72.7 Å². The summed E-state index contributed by atoms with van der Waals surface area (Å²) in [5, 5.41) is 9.75. The van der Waals surface area contributed by atoms with Gasteiger partial charge in [-0.25, -0.2) is 0 Å². The Morgan fingerprint density at radius 1 is 1.38 bits per heavy atom. The van der Waals surface area contributed by atoms with Crippen molar-refractivity contribution in [1.82, 2.24) is 9.80 Å². The summed E-state index contributed by atoms with van der Waals surface area (Å²) in [5.74, 6) is -0.964. The maximum absolute atomic E-state index is 12.5. The molecule has 1 aromatic rings. The Morgan fingerprint density at radius 3 is 2.67 bits per heavy atom. The van der Waals surface area contributed by atoms with Gasteiger partial charge in [-0.2, -0.15) is 0 Å². The van der Waals surface area contributed by atoms with Gasteiger partial charge in [-0.3, -0.25) is 14.5 Å². The molecule has 24 heavy (non-hydrogen) atoms. The average molecular weight is 375 g/mol. The zero-order valence-electron chi connectivity index (χ0n) is 13.4. The van der Waals surface area contributed by atoms with E-state index in [2.05, 4.69) is 0 Å². The van der Waals surface area contributed by atoms with Crippen LogP contribution in [0.3, 0.4) is 0 Å². The van der Waals surface area contributed by atoms with Crippen molar-refractivity contribution < 1.29 is 19.4 Å². The molecule has 6 nitrogen and oxygen atoms in total. The van der Waals surface area contributed by atoms with E-state index in [1.165, 1.54) is 0 Å². The number of aliphatic carboxylic acids is 1. The highest BCUT2D eigenvalue weighted by atomic mass is 35.5. The molecule has 1 saturated heterocycles. The molecule has 1 aliphatic rings. The summed E-state index contributed by atoms with van der Waals surface area (Å²) in [6.07, 6.45) is -0.0790. The first kappa shape index (κ1) is 19.0. The number of halogens is 2. The van der Waals surface area contributed by atoms with Crippen molar-refractivity contribution in [2.45, 2.75) is 12.5 Å². The number of rotatable bonds is 6. The van der Waals surface area contributed by atoms with Crippen LogP contribution in [0, 0.1) is 0 Å². The number of hydrogen-bond acceptors (Lipinski definition) is 4. The summed E-state index contributed by atoms with van der Waals surface area (Å²) >= 11 is 12.2. The molecule has 0 saturated carbocycles. The van der Waals surface area contributed by atoms with E-state index >= 15 is 0 Å². The highest BCUT2D eigenvalue weighted by Crippen LogP contribution is 2.25. The van der Waals surface area contributed by atoms with Gasteiger partial charge in [-0.05, 0) is 24.7 Å². The second-order valence-electron chi connectivity index (χ2n) is 5.80. The van der Waals surface area contributed by atoms with E-state index in [0.717, 1.165) is 0 Å². The van der Waals surface area contributed by atoms with Crippen LogP contribution >= 0.6 is 23.2 Å². The summed E-state index contributed by atoms with van der Waals surface area (Å²) in [6.45, 7) is 1.73.